The highest BCUT2D eigenvalue weighted by Crippen LogP contribution is 2.48. The van der Waals surface area contributed by atoms with E-state index in [2.05, 4.69) is 17.6 Å². The Morgan fingerprint density at radius 2 is 2.12 bits per heavy atom. The zero-order valence-electron chi connectivity index (χ0n) is 14.9. The fraction of sp³-hybridized carbons (Fsp3) is 0.632. The number of hydrogen-bond donors (Lipinski definition) is 2. The van der Waals surface area contributed by atoms with Crippen LogP contribution in [0.2, 0.25) is 0 Å². The average molecular weight is 461 g/mol. The summed E-state index contributed by atoms with van der Waals surface area (Å²) in [5.74, 6) is 1.45. The molecule has 0 saturated heterocycles. The molecule has 2 aliphatic rings. The van der Waals surface area contributed by atoms with Gasteiger partial charge < -0.3 is 15.4 Å². The molecule has 2 saturated carbocycles. The van der Waals surface area contributed by atoms with Crippen LogP contribution in [0.5, 0.6) is 0 Å². The summed E-state index contributed by atoms with van der Waals surface area (Å²) in [6.07, 6.45) is 4.78. The van der Waals surface area contributed by atoms with Crippen LogP contribution in [0.15, 0.2) is 29.3 Å². The first-order valence-corrected chi connectivity index (χ1v) is 9.08. The zero-order chi connectivity index (χ0) is 16.8. The fourth-order valence-electron chi connectivity index (χ4n) is 2.86. The minimum absolute atomic E-state index is 0. The summed E-state index contributed by atoms with van der Waals surface area (Å²) in [5.41, 5.74) is 1.09. The van der Waals surface area contributed by atoms with E-state index >= 15 is 0 Å². The van der Waals surface area contributed by atoms with Crippen LogP contribution in [0.25, 0.3) is 0 Å². The predicted octanol–water partition coefficient (Wildman–Crippen LogP) is 3.46. The topological polar surface area (TPSA) is 45.7 Å². The molecule has 3 rings (SSSR count). The van der Waals surface area contributed by atoms with Crippen LogP contribution in [0, 0.1) is 11.7 Å². The molecule has 140 valence electrons. The van der Waals surface area contributed by atoms with Crippen LogP contribution in [0.1, 0.15) is 38.2 Å². The largest absolute Gasteiger partial charge is 0.379 e. The molecule has 1 aromatic rings. The second-order valence-electron chi connectivity index (χ2n) is 6.93. The number of benzene rings is 1. The maximum absolute atomic E-state index is 13.5. The SMILES string of the molecule is CCNC(=NCC1(c2cccc(F)c2)CC1)NCCOCC1CC1.I. The third-order valence-corrected chi connectivity index (χ3v) is 4.76. The van der Waals surface area contributed by atoms with Gasteiger partial charge in [0.1, 0.15) is 5.82 Å². The van der Waals surface area contributed by atoms with Crippen LogP contribution in [0.4, 0.5) is 4.39 Å². The van der Waals surface area contributed by atoms with Crippen molar-refractivity contribution >= 4 is 29.9 Å². The quantitative estimate of drug-likeness (QED) is 0.256. The fourth-order valence-corrected chi connectivity index (χ4v) is 2.86. The van der Waals surface area contributed by atoms with Crippen molar-refractivity contribution in [3.63, 3.8) is 0 Å². The molecule has 1 aromatic carbocycles. The highest BCUT2D eigenvalue weighted by Gasteiger charge is 2.44. The van der Waals surface area contributed by atoms with Crippen molar-refractivity contribution in [2.45, 2.75) is 38.0 Å². The normalized spacial score (nSPS) is 18.4. The predicted molar refractivity (Wildman–Crippen MR) is 110 cm³/mol. The van der Waals surface area contributed by atoms with Crippen molar-refractivity contribution in [1.29, 1.82) is 0 Å². The van der Waals surface area contributed by atoms with E-state index in [4.69, 9.17) is 9.73 Å². The van der Waals surface area contributed by atoms with Gasteiger partial charge in [-0.2, -0.15) is 0 Å². The number of aliphatic imine (C=N–C) groups is 1. The molecule has 2 fully saturated rings. The van der Waals surface area contributed by atoms with Gasteiger partial charge in [0, 0.05) is 25.1 Å². The number of hydrogen-bond acceptors (Lipinski definition) is 2. The monoisotopic (exact) mass is 461 g/mol. The maximum atomic E-state index is 13.5. The van der Waals surface area contributed by atoms with Crippen LogP contribution < -0.4 is 10.6 Å². The summed E-state index contributed by atoms with van der Waals surface area (Å²) in [5, 5.41) is 6.58. The summed E-state index contributed by atoms with van der Waals surface area (Å²) in [6, 6.07) is 6.94. The average Bonchev–Trinajstić information content (AvgIpc) is 3.47. The lowest BCUT2D eigenvalue weighted by atomic mass is 9.96. The van der Waals surface area contributed by atoms with E-state index in [0.29, 0.717) is 13.2 Å². The van der Waals surface area contributed by atoms with Gasteiger partial charge in [0.25, 0.3) is 0 Å². The van der Waals surface area contributed by atoms with Gasteiger partial charge in [-0.3, -0.25) is 4.99 Å². The molecule has 4 nitrogen and oxygen atoms in total. The molecule has 0 radical (unpaired) electrons. The van der Waals surface area contributed by atoms with Gasteiger partial charge in [-0.05, 0) is 56.2 Å². The Balaban J connectivity index is 0.00000225. The second kappa shape index (κ2) is 9.71. The van der Waals surface area contributed by atoms with Crippen LogP contribution >= 0.6 is 24.0 Å². The smallest absolute Gasteiger partial charge is 0.191 e. The van der Waals surface area contributed by atoms with Crippen LogP contribution in [0.3, 0.4) is 0 Å². The number of nitrogens with one attached hydrogen (secondary N) is 2. The molecule has 2 N–H and O–H groups in total. The van der Waals surface area contributed by atoms with Gasteiger partial charge in [-0.15, -0.1) is 24.0 Å². The molecule has 0 unspecified atom stereocenters. The molecule has 0 aliphatic heterocycles. The number of rotatable bonds is 9. The van der Waals surface area contributed by atoms with Crippen molar-refractivity contribution in [2.24, 2.45) is 10.9 Å². The van der Waals surface area contributed by atoms with E-state index in [1.165, 1.54) is 18.9 Å². The molecule has 0 atom stereocenters. The lowest BCUT2D eigenvalue weighted by Gasteiger charge is -2.16. The number of guanidine groups is 1. The summed E-state index contributed by atoms with van der Waals surface area (Å²) in [4.78, 5) is 4.72. The van der Waals surface area contributed by atoms with Gasteiger partial charge in [-0.25, -0.2) is 4.39 Å². The van der Waals surface area contributed by atoms with Gasteiger partial charge >= 0.3 is 0 Å². The summed E-state index contributed by atoms with van der Waals surface area (Å²) in [6.45, 7) is 5.91. The summed E-state index contributed by atoms with van der Waals surface area (Å²) < 4.78 is 19.1. The third-order valence-electron chi connectivity index (χ3n) is 4.76. The van der Waals surface area contributed by atoms with Gasteiger partial charge in [0.05, 0.1) is 13.2 Å². The number of ether oxygens (including phenoxy) is 1. The van der Waals surface area contributed by atoms with Crippen LogP contribution in [-0.2, 0) is 10.2 Å². The highest BCUT2D eigenvalue weighted by atomic mass is 127. The second-order valence-corrected chi connectivity index (χ2v) is 6.93. The summed E-state index contributed by atoms with van der Waals surface area (Å²) in [7, 11) is 0. The van der Waals surface area contributed by atoms with E-state index < -0.39 is 0 Å². The zero-order valence-corrected chi connectivity index (χ0v) is 17.2. The lowest BCUT2D eigenvalue weighted by molar-refractivity contribution is 0.129. The standard InChI is InChI=1S/C19H28FN3O.HI/c1-2-21-18(22-10-11-24-13-15-6-7-15)23-14-19(8-9-19)16-4-3-5-17(20)12-16;/h3-5,12,15H,2,6-11,13-14H2,1H3,(H2,21,22,23);1H. The molecule has 25 heavy (non-hydrogen) atoms. The van der Waals surface area contributed by atoms with Crippen molar-refractivity contribution in [3.8, 4) is 0 Å². The Labute approximate surface area is 167 Å². The number of nitrogens with zero attached hydrogens (tertiary/aromatic N) is 1. The van der Waals surface area contributed by atoms with Crippen molar-refractivity contribution in [1.82, 2.24) is 10.6 Å². The molecule has 0 aromatic heterocycles. The molecule has 0 bridgehead atoms. The highest BCUT2D eigenvalue weighted by molar-refractivity contribution is 14.0. The Kier molecular flexibility index (Phi) is 7.93. The van der Waals surface area contributed by atoms with E-state index in [-0.39, 0.29) is 35.2 Å². The van der Waals surface area contributed by atoms with E-state index in [9.17, 15) is 4.39 Å². The molecule has 0 spiro atoms. The Morgan fingerprint density at radius 1 is 1.32 bits per heavy atom. The Bertz CT molecular complexity index is 574. The van der Waals surface area contributed by atoms with Crippen molar-refractivity contribution in [3.05, 3.63) is 35.6 Å². The Morgan fingerprint density at radius 3 is 2.76 bits per heavy atom. The molecular formula is C19H29FIN3O. The van der Waals surface area contributed by atoms with Gasteiger partial charge in [0.2, 0.25) is 0 Å². The minimum atomic E-state index is -0.166. The van der Waals surface area contributed by atoms with E-state index in [1.807, 2.05) is 6.07 Å². The molecule has 0 heterocycles. The third kappa shape index (κ3) is 6.40. The molecule has 6 heteroatoms. The first-order valence-electron chi connectivity index (χ1n) is 9.08. The summed E-state index contributed by atoms with van der Waals surface area (Å²) >= 11 is 0. The maximum Gasteiger partial charge on any atom is 0.191 e. The van der Waals surface area contributed by atoms with Crippen molar-refractivity contribution < 1.29 is 9.13 Å². The van der Waals surface area contributed by atoms with Crippen molar-refractivity contribution in [2.75, 3.05) is 32.8 Å². The minimum Gasteiger partial charge on any atom is -0.379 e. The first kappa shape index (κ1) is 20.4. The van der Waals surface area contributed by atoms with Gasteiger partial charge in [0.15, 0.2) is 5.96 Å². The molecule has 0 amide bonds. The van der Waals surface area contributed by atoms with Crippen LogP contribution in [-0.4, -0.2) is 38.8 Å². The molecular weight excluding hydrogens is 432 g/mol. The lowest BCUT2D eigenvalue weighted by Crippen LogP contribution is -2.39. The van der Waals surface area contributed by atoms with E-state index in [1.54, 1.807) is 12.1 Å². The number of halogens is 2. The Hall–Kier alpha value is -0.890. The molecule has 2 aliphatic carbocycles. The first-order chi connectivity index (χ1) is 11.7. The van der Waals surface area contributed by atoms with Gasteiger partial charge in [-0.1, -0.05) is 12.1 Å². The van der Waals surface area contributed by atoms with E-state index in [0.717, 1.165) is 50.0 Å².